The number of carbonyl (C=O) groups is 1. The molecule has 1 aliphatic heterocycles. The van der Waals surface area contributed by atoms with E-state index >= 15 is 0 Å². The number of ether oxygens (including phenoxy) is 1. The van der Waals surface area contributed by atoms with Crippen LogP contribution in [0.15, 0.2) is 78.9 Å². The highest BCUT2D eigenvalue weighted by molar-refractivity contribution is 5.97. The first-order valence-electron chi connectivity index (χ1n) is 10.5. The summed E-state index contributed by atoms with van der Waals surface area (Å²) in [7, 11) is 0. The third-order valence-electron chi connectivity index (χ3n) is 5.63. The first kappa shape index (κ1) is 19.7. The molecular weight excluding hydrogens is 402 g/mol. The quantitative estimate of drug-likeness (QED) is 0.417. The lowest BCUT2D eigenvalue weighted by Gasteiger charge is -2.26. The van der Waals surface area contributed by atoms with Crippen LogP contribution < -0.4 is 21.6 Å². The highest BCUT2D eigenvalue weighted by atomic mass is 16.5. The molecule has 0 spiro atoms. The van der Waals surface area contributed by atoms with Crippen LogP contribution in [-0.4, -0.2) is 22.1 Å². The summed E-state index contributed by atoms with van der Waals surface area (Å²) >= 11 is 0. The van der Waals surface area contributed by atoms with Crippen LogP contribution in [0, 0.1) is 0 Å². The molecular formula is C25H23N5O2. The minimum Gasteiger partial charge on any atom is -0.457 e. The lowest BCUT2D eigenvalue weighted by atomic mass is 9.92. The van der Waals surface area contributed by atoms with Crippen molar-refractivity contribution in [3.63, 3.8) is 0 Å². The van der Waals surface area contributed by atoms with Crippen LogP contribution in [-0.2, 0) is 0 Å². The van der Waals surface area contributed by atoms with Crippen molar-refractivity contribution in [3.8, 4) is 22.8 Å². The first-order valence-corrected chi connectivity index (χ1v) is 10.5. The number of nitrogen functional groups attached to an aromatic ring is 1. The standard InChI is InChI=1S/C25H23N5O2/c26-21-9-5-4-8-19(21)20-14-15-28-30-23(24(27)31)22(29-25(20)30)16-10-12-18(13-11-16)32-17-6-2-1-3-7-17/h1-13,20,28H,14-15,26H2,(H2,27,31). The number of hydrogen-bond donors (Lipinski definition) is 3. The largest absolute Gasteiger partial charge is 0.457 e. The highest BCUT2D eigenvalue weighted by Gasteiger charge is 2.31. The predicted octanol–water partition coefficient (Wildman–Crippen LogP) is 4.10. The van der Waals surface area contributed by atoms with Crippen molar-refractivity contribution in [2.75, 3.05) is 17.7 Å². The molecule has 0 saturated carbocycles. The Morgan fingerprint density at radius 1 is 0.969 bits per heavy atom. The van der Waals surface area contributed by atoms with E-state index in [4.69, 9.17) is 21.2 Å². The van der Waals surface area contributed by atoms with E-state index in [0.29, 0.717) is 29.4 Å². The summed E-state index contributed by atoms with van der Waals surface area (Å²) in [6.07, 6.45) is 0.812. The minimum absolute atomic E-state index is 0.0370. The van der Waals surface area contributed by atoms with E-state index in [2.05, 4.69) is 5.43 Å². The highest BCUT2D eigenvalue weighted by Crippen LogP contribution is 2.36. The van der Waals surface area contributed by atoms with Gasteiger partial charge in [-0.25, -0.2) is 9.66 Å². The second-order valence-corrected chi connectivity index (χ2v) is 7.68. The average Bonchev–Trinajstić information content (AvgIpc) is 3.21. The van der Waals surface area contributed by atoms with Gasteiger partial charge in [0.25, 0.3) is 5.91 Å². The van der Waals surface area contributed by atoms with Gasteiger partial charge in [0, 0.05) is 23.7 Å². The lowest BCUT2D eigenvalue weighted by Crippen LogP contribution is -2.32. The molecule has 0 bridgehead atoms. The molecule has 1 aliphatic rings. The fraction of sp³-hybridized carbons (Fsp3) is 0.120. The van der Waals surface area contributed by atoms with Crippen molar-refractivity contribution in [1.29, 1.82) is 0 Å². The average molecular weight is 425 g/mol. The third-order valence-corrected chi connectivity index (χ3v) is 5.63. The van der Waals surface area contributed by atoms with Crippen LogP contribution in [0.3, 0.4) is 0 Å². The number of imidazole rings is 1. The molecule has 1 atom stereocenters. The Hall–Kier alpha value is -4.26. The fourth-order valence-corrected chi connectivity index (χ4v) is 4.14. The van der Waals surface area contributed by atoms with Crippen molar-refractivity contribution in [2.45, 2.75) is 12.3 Å². The second-order valence-electron chi connectivity index (χ2n) is 7.68. The van der Waals surface area contributed by atoms with Gasteiger partial charge in [-0.05, 0) is 54.4 Å². The zero-order valence-corrected chi connectivity index (χ0v) is 17.4. The topological polar surface area (TPSA) is 108 Å². The number of hydrogen-bond acceptors (Lipinski definition) is 5. The van der Waals surface area contributed by atoms with Gasteiger partial charge >= 0.3 is 0 Å². The lowest BCUT2D eigenvalue weighted by molar-refractivity contribution is 0.0992. The molecule has 32 heavy (non-hydrogen) atoms. The Morgan fingerprint density at radius 2 is 1.66 bits per heavy atom. The maximum Gasteiger partial charge on any atom is 0.269 e. The Bertz CT molecular complexity index is 1270. The van der Waals surface area contributed by atoms with Gasteiger partial charge < -0.3 is 21.6 Å². The van der Waals surface area contributed by atoms with Crippen molar-refractivity contribution >= 4 is 11.6 Å². The van der Waals surface area contributed by atoms with Crippen LogP contribution in [0.25, 0.3) is 11.3 Å². The summed E-state index contributed by atoms with van der Waals surface area (Å²) in [6, 6.07) is 24.8. The molecule has 7 heteroatoms. The molecule has 2 heterocycles. The summed E-state index contributed by atoms with van der Waals surface area (Å²) in [5.41, 5.74) is 18.6. The molecule has 0 aliphatic carbocycles. The van der Waals surface area contributed by atoms with E-state index in [1.165, 1.54) is 0 Å². The van der Waals surface area contributed by atoms with Crippen molar-refractivity contribution < 1.29 is 9.53 Å². The maximum absolute atomic E-state index is 12.4. The van der Waals surface area contributed by atoms with Gasteiger partial charge in [-0.3, -0.25) is 4.79 Å². The number of benzene rings is 3. The van der Waals surface area contributed by atoms with Crippen LogP contribution in [0.2, 0.25) is 0 Å². The van der Waals surface area contributed by atoms with Crippen LogP contribution in [0.1, 0.15) is 34.2 Å². The third kappa shape index (κ3) is 3.54. The number of nitrogens with zero attached hydrogens (tertiary/aromatic N) is 2. The Labute approximate surface area is 185 Å². The van der Waals surface area contributed by atoms with Gasteiger partial charge in [-0.15, -0.1) is 0 Å². The molecule has 1 amide bonds. The Kier molecular flexibility index (Phi) is 4.99. The van der Waals surface area contributed by atoms with E-state index in [-0.39, 0.29) is 5.92 Å². The number of anilines is 1. The van der Waals surface area contributed by atoms with E-state index in [1.807, 2.05) is 78.9 Å². The Morgan fingerprint density at radius 3 is 2.38 bits per heavy atom. The number of primary amides is 1. The van der Waals surface area contributed by atoms with Crippen LogP contribution in [0.4, 0.5) is 5.69 Å². The molecule has 4 aromatic rings. The van der Waals surface area contributed by atoms with Gasteiger partial charge in [0.1, 0.15) is 23.0 Å². The number of fused-ring (bicyclic) bond motifs is 1. The smallest absolute Gasteiger partial charge is 0.269 e. The summed E-state index contributed by atoms with van der Waals surface area (Å²) < 4.78 is 7.59. The van der Waals surface area contributed by atoms with Gasteiger partial charge in [0.2, 0.25) is 0 Å². The number of nitrogens with one attached hydrogen (secondary N) is 1. The number of aromatic nitrogens is 2. The molecule has 0 saturated heterocycles. The first-order chi connectivity index (χ1) is 15.6. The number of amides is 1. The van der Waals surface area contributed by atoms with Crippen molar-refractivity contribution in [3.05, 3.63) is 95.9 Å². The SMILES string of the molecule is NC(=O)c1c(-c2ccc(Oc3ccccc3)cc2)nc2n1NCCC2c1ccccc1N. The monoisotopic (exact) mass is 425 g/mol. The predicted molar refractivity (Wildman–Crippen MR) is 124 cm³/mol. The molecule has 0 fully saturated rings. The summed E-state index contributed by atoms with van der Waals surface area (Å²) in [5.74, 6) is 1.59. The molecule has 0 radical (unpaired) electrons. The van der Waals surface area contributed by atoms with Crippen LogP contribution >= 0.6 is 0 Å². The fourth-order valence-electron chi connectivity index (χ4n) is 4.14. The molecule has 1 unspecified atom stereocenters. The van der Waals surface area contributed by atoms with E-state index in [0.717, 1.165) is 29.1 Å². The number of rotatable bonds is 5. The van der Waals surface area contributed by atoms with Gasteiger partial charge in [0.15, 0.2) is 5.69 Å². The number of carbonyl (C=O) groups excluding carboxylic acids is 1. The molecule has 3 aromatic carbocycles. The van der Waals surface area contributed by atoms with Gasteiger partial charge in [0.05, 0.1) is 0 Å². The van der Waals surface area contributed by atoms with Crippen LogP contribution in [0.5, 0.6) is 11.5 Å². The molecule has 5 rings (SSSR count). The van der Waals surface area contributed by atoms with E-state index in [9.17, 15) is 4.79 Å². The number of nitrogens with two attached hydrogens (primary N) is 2. The van der Waals surface area contributed by atoms with Gasteiger partial charge in [-0.2, -0.15) is 0 Å². The van der Waals surface area contributed by atoms with Crippen molar-refractivity contribution in [1.82, 2.24) is 9.66 Å². The van der Waals surface area contributed by atoms with E-state index < -0.39 is 5.91 Å². The molecule has 7 nitrogen and oxygen atoms in total. The normalized spacial score (nSPS) is 14.9. The van der Waals surface area contributed by atoms with Gasteiger partial charge in [-0.1, -0.05) is 36.4 Å². The molecule has 5 N–H and O–H groups in total. The summed E-state index contributed by atoms with van der Waals surface area (Å²) in [6.45, 7) is 0.673. The Balaban J connectivity index is 1.54. The number of para-hydroxylation sites is 2. The summed E-state index contributed by atoms with van der Waals surface area (Å²) in [4.78, 5) is 17.3. The summed E-state index contributed by atoms with van der Waals surface area (Å²) in [5, 5.41) is 0. The zero-order valence-electron chi connectivity index (χ0n) is 17.4. The maximum atomic E-state index is 12.4. The second kappa shape index (κ2) is 8.11. The van der Waals surface area contributed by atoms with E-state index in [1.54, 1.807) is 4.68 Å². The molecule has 1 aromatic heterocycles. The minimum atomic E-state index is -0.544. The zero-order chi connectivity index (χ0) is 22.1. The van der Waals surface area contributed by atoms with Crippen molar-refractivity contribution in [2.24, 2.45) is 5.73 Å². The molecule has 160 valence electrons.